The fourth-order valence-corrected chi connectivity index (χ4v) is 5.36. The molecule has 0 amide bonds. The maximum absolute atomic E-state index is 12.9. The van der Waals surface area contributed by atoms with Crippen LogP contribution in [0.4, 0.5) is 13.2 Å². The number of halogens is 3. The van der Waals surface area contributed by atoms with Gasteiger partial charge in [-0.05, 0) is 62.6 Å². The number of aliphatic carboxylic acids is 1. The van der Waals surface area contributed by atoms with Crippen LogP contribution in [0.1, 0.15) is 42.8 Å². The van der Waals surface area contributed by atoms with Crippen LogP contribution in [-0.4, -0.2) is 47.1 Å². The Morgan fingerprint density at radius 2 is 2.00 bits per heavy atom. The van der Waals surface area contributed by atoms with Crippen LogP contribution in [0, 0.1) is 24.7 Å². The van der Waals surface area contributed by atoms with Gasteiger partial charge in [-0.25, -0.2) is 14.6 Å². The maximum atomic E-state index is 12.9. The van der Waals surface area contributed by atoms with Crippen molar-refractivity contribution in [2.24, 2.45) is 24.8 Å². The lowest BCUT2D eigenvalue weighted by Crippen LogP contribution is -2.21. The Kier molecular flexibility index (Phi) is 6.46. The van der Waals surface area contributed by atoms with E-state index in [2.05, 4.69) is 25.3 Å². The first-order chi connectivity index (χ1) is 17.6. The van der Waals surface area contributed by atoms with Gasteiger partial charge in [0.25, 0.3) is 0 Å². The molecule has 2 aliphatic rings. The fourth-order valence-electron chi connectivity index (χ4n) is 5.36. The van der Waals surface area contributed by atoms with Gasteiger partial charge < -0.3 is 14.6 Å². The molecular formula is C24H25F3N6O4. The summed E-state index contributed by atoms with van der Waals surface area (Å²) in [5.74, 6) is 0.122. The minimum Gasteiger partial charge on any atom is -0.489 e. The molecule has 1 N–H and O–H groups in total. The normalized spacial score (nSPS) is 23.2. The molecule has 0 saturated heterocycles. The van der Waals surface area contributed by atoms with Crippen molar-refractivity contribution in [3.8, 4) is 23.1 Å². The Labute approximate surface area is 209 Å². The van der Waals surface area contributed by atoms with Crippen LogP contribution in [0.5, 0.6) is 11.8 Å². The van der Waals surface area contributed by atoms with Crippen LogP contribution in [0.3, 0.4) is 0 Å². The van der Waals surface area contributed by atoms with Crippen LogP contribution in [0.15, 0.2) is 24.4 Å². The van der Waals surface area contributed by atoms with Gasteiger partial charge in [0, 0.05) is 13.2 Å². The average molecular weight is 518 g/mol. The predicted octanol–water partition coefficient (Wildman–Crippen LogP) is 3.84. The van der Waals surface area contributed by atoms with Gasteiger partial charge in [-0.15, -0.1) is 5.10 Å². The third kappa shape index (κ3) is 5.07. The molecule has 0 bridgehead atoms. The minimum absolute atomic E-state index is 0.0589. The summed E-state index contributed by atoms with van der Waals surface area (Å²) < 4.78 is 51.8. The molecule has 0 aliphatic heterocycles. The molecule has 5 rings (SSSR count). The number of ether oxygens (including phenoxy) is 2. The molecule has 4 atom stereocenters. The minimum atomic E-state index is -4.61. The molecule has 2 fully saturated rings. The second-order valence-corrected chi connectivity index (χ2v) is 9.46. The van der Waals surface area contributed by atoms with Crippen LogP contribution < -0.4 is 9.47 Å². The number of rotatable bonds is 7. The lowest BCUT2D eigenvalue weighted by atomic mass is 9.92. The van der Waals surface area contributed by atoms with Gasteiger partial charge in [-0.1, -0.05) is 5.21 Å². The maximum Gasteiger partial charge on any atom is 0.433 e. The van der Waals surface area contributed by atoms with E-state index in [0.29, 0.717) is 40.9 Å². The first-order valence-electron chi connectivity index (χ1n) is 11.9. The van der Waals surface area contributed by atoms with Crippen molar-refractivity contribution >= 4 is 5.97 Å². The first-order valence-corrected chi connectivity index (χ1v) is 11.9. The Hall–Kier alpha value is -3.77. The molecule has 0 radical (unpaired) electrons. The molecule has 10 nitrogen and oxygen atoms in total. The molecule has 3 aromatic rings. The van der Waals surface area contributed by atoms with E-state index >= 15 is 0 Å². The van der Waals surface area contributed by atoms with Crippen molar-refractivity contribution in [1.29, 1.82) is 0 Å². The van der Waals surface area contributed by atoms with Gasteiger partial charge in [0.2, 0.25) is 0 Å². The number of carboxylic acid groups (broad SMARTS) is 1. The Morgan fingerprint density at radius 1 is 1.19 bits per heavy atom. The number of nitrogens with zero attached hydrogens (tertiary/aromatic N) is 6. The summed E-state index contributed by atoms with van der Waals surface area (Å²) in [6.45, 7) is 1.63. The van der Waals surface area contributed by atoms with E-state index in [9.17, 15) is 23.1 Å². The number of pyridine rings is 1. The smallest absolute Gasteiger partial charge is 0.433 e. The van der Waals surface area contributed by atoms with Gasteiger partial charge in [0.15, 0.2) is 5.69 Å². The van der Waals surface area contributed by atoms with Crippen LogP contribution in [0.2, 0.25) is 0 Å². The third-order valence-electron chi connectivity index (χ3n) is 7.17. The fraction of sp³-hybridized carbons (Fsp3) is 0.500. The first kappa shape index (κ1) is 24.9. The monoisotopic (exact) mass is 518 g/mol. The number of hydrogen-bond donors (Lipinski definition) is 1. The van der Waals surface area contributed by atoms with E-state index in [1.807, 2.05) is 0 Å². The van der Waals surface area contributed by atoms with Crippen molar-refractivity contribution in [1.82, 2.24) is 29.9 Å². The molecule has 0 unspecified atom stereocenters. The molecule has 37 heavy (non-hydrogen) atoms. The summed E-state index contributed by atoms with van der Waals surface area (Å²) >= 11 is 0. The van der Waals surface area contributed by atoms with Gasteiger partial charge >= 0.3 is 18.2 Å². The number of aromatic nitrogens is 6. The zero-order chi connectivity index (χ0) is 26.3. The van der Waals surface area contributed by atoms with E-state index in [-0.39, 0.29) is 24.5 Å². The van der Waals surface area contributed by atoms with Gasteiger partial charge in [0.05, 0.1) is 23.4 Å². The number of carbonyl (C=O) groups is 1. The molecule has 2 aliphatic carbocycles. The van der Waals surface area contributed by atoms with E-state index < -0.39 is 23.8 Å². The highest BCUT2D eigenvalue weighted by atomic mass is 19.4. The van der Waals surface area contributed by atoms with Crippen LogP contribution in [0.25, 0.3) is 11.4 Å². The van der Waals surface area contributed by atoms with Gasteiger partial charge in [0.1, 0.15) is 23.7 Å². The molecule has 2 saturated carbocycles. The second-order valence-electron chi connectivity index (χ2n) is 9.46. The van der Waals surface area contributed by atoms with E-state index in [0.717, 1.165) is 31.5 Å². The summed E-state index contributed by atoms with van der Waals surface area (Å²) in [5.41, 5.74) is 0.908. The Bertz CT molecular complexity index is 1310. The zero-order valence-electron chi connectivity index (χ0n) is 20.1. The standard InChI is InChI=1S/C24H25F3N6O4/c1-12-19(37-14-9-13-3-4-15(22(34)35)16(13)10-14)6-5-17(29-12)21-18(33(2)32-31-21)11-36-23-28-8-7-20(30-23)24(25,26)27/h5-8,13-16H,3-4,9-11H2,1-2H3,(H,34,35)/t13-,14-,15-,16+/m1/s1. The second kappa shape index (κ2) is 9.60. The van der Waals surface area contributed by atoms with Gasteiger partial charge in [-0.2, -0.15) is 18.2 Å². The highest BCUT2D eigenvalue weighted by molar-refractivity contribution is 5.71. The molecule has 0 aromatic carbocycles. The number of alkyl halides is 3. The average Bonchev–Trinajstić information content (AvgIpc) is 3.52. The van der Waals surface area contributed by atoms with Crippen molar-refractivity contribution < 1.29 is 32.5 Å². The number of carboxylic acids is 1. The van der Waals surface area contributed by atoms with E-state index in [1.54, 1.807) is 26.1 Å². The Balaban J connectivity index is 1.28. The number of hydrogen-bond acceptors (Lipinski definition) is 8. The molecule has 13 heteroatoms. The quantitative estimate of drug-likeness (QED) is 0.497. The van der Waals surface area contributed by atoms with Gasteiger partial charge in [-0.3, -0.25) is 4.79 Å². The van der Waals surface area contributed by atoms with Crippen molar-refractivity contribution in [2.75, 3.05) is 0 Å². The van der Waals surface area contributed by atoms with Crippen molar-refractivity contribution in [2.45, 2.75) is 51.5 Å². The summed E-state index contributed by atoms with van der Waals surface area (Å²) in [4.78, 5) is 23.3. The molecular weight excluding hydrogens is 493 g/mol. The lowest BCUT2D eigenvalue weighted by molar-refractivity contribution is -0.143. The lowest BCUT2D eigenvalue weighted by Gasteiger charge is -2.18. The topological polar surface area (TPSA) is 125 Å². The summed E-state index contributed by atoms with van der Waals surface area (Å²) in [6.07, 6.45) is -0.490. The Morgan fingerprint density at radius 3 is 2.73 bits per heavy atom. The van der Waals surface area contributed by atoms with Crippen LogP contribution >= 0.6 is 0 Å². The largest absolute Gasteiger partial charge is 0.489 e. The van der Waals surface area contributed by atoms with Crippen LogP contribution in [-0.2, 0) is 24.6 Å². The van der Waals surface area contributed by atoms with E-state index in [1.165, 1.54) is 4.68 Å². The number of fused-ring (bicyclic) bond motifs is 1. The highest BCUT2D eigenvalue weighted by Crippen LogP contribution is 2.48. The summed E-state index contributed by atoms with van der Waals surface area (Å²) in [6, 6.07) is 3.87. The summed E-state index contributed by atoms with van der Waals surface area (Å²) in [7, 11) is 1.63. The predicted molar refractivity (Wildman–Crippen MR) is 121 cm³/mol. The third-order valence-corrected chi connectivity index (χ3v) is 7.17. The molecule has 196 valence electrons. The van der Waals surface area contributed by atoms with Crippen molar-refractivity contribution in [3.05, 3.63) is 41.5 Å². The van der Waals surface area contributed by atoms with Crippen molar-refractivity contribution in [3.63, 3.8) is 0 Å². The summed E-state index contributed by atoms with van der Waals surface area (Å²) in [5, 5.41) is 17.6. The highest BCUT2D eigenvalue weighted by Gasteiger charge is 2.47. The zero-order valence-corrected chi connectivity index (χ0v) is 20.1. The van der Waals surface area contributed by atoms with E-state index in [4.69, 9.17) is 9.47 Å². The molecule has 0 spiro atoms. The number of aryl methyl sites for hydroxylation is 2. The molecule has 3 aromatic heterocycles. The SMILES string of the molecule is Cc1nc(-c2nnn(C)c2COc2nccc(C(F)(F)F)n2)ccc1O[C@@H]1C[C@H]2CC[C@@H](C(=O)O)[C@H]2C1. The molecule has 3 heterocycles.